The van der Waals surface area contributed by atoms with Crippen molar-refractivity contribution in [2.75, 3.05) is 13.7 Å². The molecule has 1 aromatic carbocycles. The predicted molar refractivity (Wildman–Crippen MR) is 86.6 cm³/mol. The Morgan fingerprint density at radius 1 is 1.38 bits per heavy atom. The quantitative estimate of drug-likeness (QED) is 0.840. The van der Waals surface area contributed by atoms with Gasteiger partial charge in [-0.3, -0.25) is 0 Å². The van der Waals surface area contributed by atoms with Gasteiger partial charge < -0.3 is 14.8 Å². The van der Waals surface area contributed by atoms with Gasteiger partial charge in [0.1, 0.15) is 11.6 Å². The Hall–Kier alpha value is -1.30. The van der Waals surface area contributed by atoms with Crippen molar-refractivity contribution < 1.29 is 9.47 Å². The molecule has 0 aliphatic rings. The van der Waals surface area contributed by atoms with Crippen LogP contribution in [0.1, 0.15) is 23.2 Å². The normalized spacial score (nSPS) is 10.7. The van der Waals surface area contributed by atoms with Crippen molar-refractivity contribution >= 4 is 22.9 Å². The Balaban J connectivity index is 2.14. The topological polar surface area (TPSA) is 43.4 Å². The van der Waals surface area contributed by atoms with Gasteiger partial charge in [0, 0.05) is 17.6 Å². The summed E-state index contributed by atoms with van der Waals surface area (Å²) in [6.07, 6.45) is 0. The molecule has 21 heavy (non-hydrogen) atoms. The standard InChI is InChI=1S/C15H19ClN2O2S/c1-4-17-7-11-5-12(16)15(13(6-11)19-3)20-8-14-18-10(2)9-21-14/h5-6,9,17H,4,7-8H2,1-3H3. The van der Waals surface area contributed by atoms with Gasteiger partial charge in [0.05, 0.1) is 12.1 Å². The zero-order valence-corrected chi connectivity index (χ0v) is 14.0. The average Bonchev–Trinajstić information content (AvgIpc) is 2.89. The second-order valence-electron chi connectivity index (χ2n) is 4.56. The van der Waals surface area contributed by atoms with E-state index in [1.165, 1.54) is 0 Å². The van der Waals surface area contributed by atoms with Gasteiger partial charge >= 0.3 is 0 Å². The monoisotopic (exact) mass is 326 g/mol. The fraction of sp³-hybridized carbons (Fsp3) is 0.400. The number of nitrogens with zero attached hydrogens (tertiary/aromatic N) is 1. The number of aromatic nitrogens is 1. The molecule has 2 aromatic rings. The van der Waals surface area contributed by atoms with E-state index in [1.54, 1.807) is 18.4 Å². The Morgan fingerprint density at radius 3 is 2.81 bits per heavy atom. The van der Waals surface area contributed by atoms with Crippen molar-refractivity contribution in [1.29, 1.82) is 0 Å². The number of thiazole rings is 1. The Bertz CT molecular complexity index is 601. The lowest BCUT2D eigenvalue weighted by Gasteiger charge is -2.13. The number of nitrogens with one attached hydrogen (secondary N) is 1. The summed E-state index contributed by atoms with van der Waals surface area (Å²) in [5.74, 6) is 1.20. The van der Waals surface area contributed by atoms with E-state index >= 15 is 0 Å². The highest BCUT2D eigenvalue weighted by molar-refractivity contribution is 7.09. The van der Waals surface area contributed by atoms with Crippen molar-refractivity contribution in [2.24, 2.45) is 0 Å². The van der Waals surface area contributed by atoms with Crippen LogP contribution < -0.4 is 14.8 Å². The molecule has 0 amide bonds. The summed E-state index contributed by atoms with van der Waals surface area (Å²) in [6.45, 7) is 6.07. The maximum Gasteiger partial charge on any atom is 0.180 e. The first-order valence-corrected chi connectivity index (χ1v) is 8.00. The molecule has 0 atom stereocenters. The van der Waals surface area contributed by atoms with E-state index in [4.69, 9.17) is 21.1 Å². The van der Waals surface area contributed by atoms with E-state index in [0.29, 0.717) is 23.1 Å². The summed E-state index contributed by atoms with van der Waals surface area (Å²) in [7, 11) is 1.61. The van der Waals surface area contributed by atoms with Crippen LogP contribution in [-0.2, 0) is 13.2 Å². The van der Waals surface area contributed by atoms with Gasteiger partial charge in [-0.1, -0.05) is 18.5 Å². The minimum Gasteiger partial charge on any atom is -0.493 e. The van der Waals surface area contributed by atoms with Crippen LogP contribution in [0, 0.1) is 6.92 Å². The van der Waals surface area contributed by atoms with Crippen LogP contribution in [-0.4, -0.2) is 18.6 Å². The number of ether oxygens (including phenoxy) is 2. The summed E-state index contributed by atoms with van der Waals surface area (Å²) in [4.78, 5) is 4.37. The van der Waals surface area contributed by atoms with Gasteiger partial charge in [-0.05, 0) is 31.2 Å². The van der Waals surface area contributed by atoms with Crippen molar-refractivity contribution in [3.63, 3.8) is 0 Å². The molecule has 1 heterocycles. The summed E-state index contributed by atoms with van der Waals surface area (Å²) < 4.78 is 11.2. The molecule has 0 saturated carbocycles. The average molecular weight is 327 g/mol. The van der Waals surface area contributed by atoms with Gasteiger partial charge in [-0.15, -0.1) is 11.3 Å². The Labute approximate surface area is 134 Å². The first kappa shape index (κ1) is 16.1. The molecule has 2 rings (SSSR count). The summed E-state index contributed by atoms with van der Waals surface area (Å²) in [5, 5.41) is 6.73. The highest BCUT2D eigenvalue weighted by Crippen LogP contribution is 2.37. The lowest BCUT2D eigenvalue weighted by Crippen LogP contribution is -2.12. The number of halogens is 1. The third-order valence-corrected chi connectivity index (χ3v) is 4.10. The fourth-order valence-corrected chi connectivity index (χ4v) is 2.86. The van der Waals surface area contributed by atoms with Crippen LogP contribution in [0.3, 0.4) is 0 Å². The number of aryl methyl sites for hydroxylation is 1. The minimum absolute atomic E-state index is 0.390. The molecule has 0 saturated heterocycles. The molecule has 1 N–H and O–H groups in total. The van der Waals surface area contributed by atoms with Crippen molar-refractivity contribution in [3.05, 3.63) is 38.8 Å². The lowest BCUT2D eigenvalue weighted by molar-refractivity contribution is 0.284. The smallest absolute Gasteiger partial charge is 0.180 e. The summed E-state index contributed by atoms with van der Waals surface area (Å²) in [6, 6.07) is 3.84. The van der Waals surface area contributed by atoms with E-state index in [1.807, 2.05) is 24.4 Å². The van der Waals surface area contributed by atoms with E-state index in [0.717, 1.165) is 29.4 Å². The Kier molecular flexibility index (Phi) is 5.85. The summed E-state index contributed by atoms with van der Waals surface area (Å²) >= 11 is 7.89. The SMILES string of the molecule is CCNCc1cc(Cl)c(OCc2nc(C)cs2)c(OC)c1. The van der Waals surface area contributed by atoms with Crippen molar-refractivity contribution in [2.45, 2.75) is 27.0 Å². The molecule has 4 nitrogen and oxygen atoms in total. The van der Waals surface area contributed by atoms with E-state index in [-0.39, 0.29) is 0 Å². The molecular weight excluding hydrogens is 308 g/mol. The molecule has 0 bridgehead atoms. The lowest BCUT2D eigenvalue weighted by atomic mass is 10.2. The van der Waals surface area contributed by atoms with E-state index in [9.17, 15) is 0 Å². The van der Waals surface area contributed by atoms with Crippen LogP contribution in [0.25, 0.3) is 0 Å². The van der Waals surface area contributed by atoms with Crippen LogP contribution in [0.5, 0.6) is 11.5 Å². The van der Waals surface area contributed by atoms with E-state index < -0.39 is 0 Å². The number of methoxy groups -OCH3 is 1. The van der Waals surface area contributed by atoms with Crippen LogP contribution in [0.15, 0.2) is 17.5 Å². The summed E-state index contributed by atoms with van der Waals surface area (Å²) in [5.41, 5.74) is 2.06. The largest absolute Gasteiger partial charge is 0.493 e. The number of hydrogen-bond donors (Lipinski definition) is 1. The molecular formula is C15H19ClN2O2S. The van der Waals surface area contributed by atoms with Crippen LogP contribution >= 0.6 is 22.9 Å². The first-order valence-electron chi connectivity index (χ1n) is 6.75. The molecule has 1 aromatic heterocycles. The second-order valence-corrected chi connectivity index (χ2v) is 5.91. The van der Waals surface area contributed by atoms with Gasteiger partial charge in [-0.25, -0.2) is 4.98 Å². The molecule has 0 spiro atoms. The first-order chi connectivity index (χ1) is 10.1. The van der Waals surface area contributed by atoms with Gasteiger partial charge in [0.2, 0.25) is 0 Å². The third kappa shape index (κ3) is 4.33. The molecule has 0 aliphatic heterocycles. The highest BCUT2D eigenvalue weighted by Gasteiger charge is 2.13. The van der Waals surface area contributed by atoms with Crippen molar-refractivity contribution in [3.8, 4) is 11.5 Å². The van der Waals surface area contributed by atoms with Gasteiger partial charge in [0.15, 0.2) is 11.5 Å². The zero-order chi connectivity index (χ0) is 15.2. The number of benzene rings is 1. The van der Waals surface area contributed by atoms with Gasteiger partial charge in [0.25, 0.3) is 0 Å². The maximum absolute atomic E-state index is 6.31. The maximum atomic E-state index is 6.31. The molecule has 6 heteroatoms. The molecule has 0 fully saturated rings. The van der Waals surface area contributed by atoms with E-state index in [2.05, 4.69) is 17.2 Å². The Morgan fingerprint density at radius 2 is 2.19 bits per heavy atom. The molecule has 114 valence electrons. The highest BCUT2D eigenvalue weighted by atomic mass is 35.5. The third-order valence-electron chi connectivity index (χ3n) is 2.87. The second kappa shape index (κ2) is 7.64. The number of hydrogen-bond acceptors (Lipinski definition) is 5. The molecule has 0 aliphatic carbocycles. The van der Waals surface area contributed by atoms with Crippen LogP contribution in [0.4, 0.5) is 0 Å². The zero-order valence-electron chi connectivity index (χ0n) is 12.4. The molecule has 0 radical (unpaired) electrons. The van der Waals surface area contributed by atoms with Gasteiger partial charge in [-0.2, -0.15) is 0 Å². The fourth-order valence-electron chi connectivity index (χ4n) is 1.89. The van der Waals surface area contributed by atoms with Crippen LogP contribution in [0.2, 0.25) is 5.02 Å². The minimum atomic E-state index is 0.390. The molecule has 0 unspecified atom stereocenters. The van der Waals surface area contributed by atoms with Crippen molar-refractivity contribution in [1.82, 2.24) is 10.3 Å². The number of rotatable bonds is 7. The predicted octanol–water partition coefficient (Wildman–Crippen LogP) is 3.80.